The monoisotopic (exact) mass is 693 g/mol. The van der Waals surface area contributed by atoms with E-state index in [0.29, 0.717) is 30.0 Å². The molecule has 2 fully saturated rings. The van der Waals surface area contributed by atoms with Crippen molar-refractivity contribution in [1.82, 2.24) is 20.2 Å². The number of halogens is 2. The quantitative estimate of drug-likeness (QED) is 0.323. The number of hydrogen-bond donors (Lipinski definition) is 2. The number of nitrogens with one attached hydrogen (secondary N) is 2. The molecule has 1 saturated carbocycles. The van der Waals surface area contributed by atoms with Crippen LogP contribution in [0.4, 0.5) is 36.7 Å². The Morgan fingerprint density at radius 3 is 2.54 bits per heavy atom. The third kappa shape index (κ3) is 7.42. The van der Waals surface area contributed by atoms with E-state index in [0.717, 1.165) is 36.1 Å². The Bertz CT molecular complexity index is 1710. The second-order valence-corrected chi connectivity index (χ2v) is 12.7. The zero-order chi connectivity index (χ0) is 35.4. The van der Waals surface area contributed by atoms with Crippen LogP contribution >= 0.6 is 0 Å². The molecule has 3 aliphatic rings. The number of fused-ring (bicyclic) bond motifs is 1. The fraction of sp³-hybridized carbons (Fsp3) is 0.457. The van der Waals surface area contributed by atoms with Crippen molar-refractivity contribution in [1.29, 1.82) is 0 Å². The zero-order valence-corrected chi connectivity index (χ0v) is 28.2. The number of piperidine rings is 1. The molecule has 3 amide bonds. The zero-order valence-electron chi connectivity index (χ0n) is 28.2. The van der Waals surface area contributed by atoms with Gasteiger partial charge in [0.15, 0.2) is 5.82 Å². The van der Waals surface area contributed by atoms with E-state index in [1.807, 2.05) is 30.3 Å². The molecular weight excluding hydrogens is 652 g/mol. The molecule has 2 aliphatic heterocycles. The van der Waals surface area contributed by atoms with Gasteiger partial charge in [0, 0.05) is 38.9 Å². The molecule has 0 bridgehead atoms. The molecule has 266 valence electrons. The number of carbonyl (C=O) groups is 3. The fourth-order valence-corrected chi connectivity index (χ4v) is 6.74. The van der Waals surface area contributed by atoms with Gasteiger partial charge in [0.2, 0.25) is 5.95 Å². The average Bonchev–Trinajstić information content (AvgIpc) is 3.66. The molecule has 3 heterocycles. The van der Waals surface area contributed by atoms with Crippen molar-refractivity contribution < 1.29 is 37.4 Å². The highest BCUT2D eigenvalue weighted by atomic mass is 19.3. The van der Waals surface area contributed by atoms with Gasteiger partial charge >= 0.3 is 12.0 Å². The highest BCUT2D eigenvalue weighted by Crippen LogP contribution is 2.40. The third-order valence-corrected chi connectivity index (χ3v) is 9.48. The number of alkyl halides is 2. The molecule has 2 atom stereocenters. The summed E-state index contributed by atoms with van der Waals surface area (Å²) in [5, 5.41) is 6.07. The number of nitrogens with zero attached hydrogens (tertiary/aromatic N) is 5. The fourth-order valence-electron chi connectivity index (χ4n) is 6.74. The second kappa shape index (κ2) is 14.8. The maximum atomic E-state index is 15.0. The lowest BCUT2D eigenvalue weighted by Gasteiger charge is -2.37. The van der Waals surface area contributed by atoms with Crippen molar-refractivity contribution in [3.8, 4) is 5.75 Å². The number of carbonyl (C=O) groups excluding carboxylic acids is 3. The van der Waals surface area contributed by atoms with Gasteiger partial charge in [-0.2, -0.15) is 13.8 Å². The number of hydrogen-bond acceptors (Lipinski definition) is 10. The van der Waals surface area contributed by atoms with Crippen molar-refractivity contribution in [3.05, 3.63) is 65.9 Å². The number of likely N-dealkylation sites (tertiary alicyclic amines) is 1. The highest BCUT2D eigenvalue weighted by molar-refractivity contribution is 6.02. The van der Waals surface area contributed by atoms with E-state index < -0.39 is 36.4 Å². The van der Waals surface area contributed by atoms with Gasteiger partial charge in [0.25, 0.3) is 11.8 Å². The van der Waals surface area contributed by atoms with Crippen LogP contribution in [0.2, 0.25) is 0 Å². The number of amides is 3. The summed E-state index contributed by atoms with van der Waals surface area (Å²) < 4.78 is 46.7. The normalized spacial score (nSPS) is 20.6. The summed E-state index contributed by atoms with van der Waals surface area (Å²) in [7, 11) is 4.31. The Hall–Kier alpha value is -5.05. The molecule has 0 spiro atoms. The van der Waals surface area contributed by atoms with Crippen molar-refractivity contribution in [3.63, 3.8) is 0 Å². The van der Waals surface area contributed by atoms with Crippen molar-refractivity contribution in [2.75, 3.05) is 56.0 Å². The lowest BCUT2D eigenvalue weighted by molar-refractivity contribution is -0.140. The van der Waals surface area contributed by atoms with E-state index in [4.69, 9.17) is 14.2 Å². The number of aromatic nitrogens is 2. The predicted octanol–water partition coefficient (Wildman–Crippen LogP) is 4.75. The summed E-state index contributed by atoms with van der Waals surface area (Å²) in [6.07, 6.45) is 4.34. The molecule has 0 unspecified atom stereocenters. The Morgan fingerprint density at radius 1 is 1.06 bits per heavy atom. The van der Waals surface area contributed by atoms with E-state index >= 15 is 0 Å². The van der Waals surface area contributed by atoms with E-state index in [-0.39, 0.29) is 42.8 Å². The second-order valence-electron chi connectivity index (χ2n) is 12.7. The van der Waals surface area contributed by atoms with Gasteiger partial charge in [-0.15, -0.1) is 0 Å². The van der Waals surface area contributed by atoms with Crippen LogP contribution in [-0.2, 0) is 20.9 Å². The van der Waals surface area contributed by atoms with E-state index in [1.165, 1.54) is 25.3 Å². The van der Waals surface area contributed by atoms with Crippen LogP contribution in [0, 0.1) is 0 Å². The number of methoxy groups -OCH3 is 2. The molecule has 1 aromatic heterocycles. The van der Waals surface area contributed by atoms with E-state index in [1.54, 1.807) is 30.2 Å². The largest absolute Gasteiger partial charge is 0.495 e. The third-order valence-electron chi connectivity index (χ3n) is 9.48. The van der Waals surface area contributed by atoms with Gasteiger partial charge in [0.1, 0.15) is 18.0 Å². The van der Waals surface area contributed by atoms with E-state index in [9.17, 15) is 23.2 Å². The van der Waals surface area contributed by atoms with Crippen LogP contribution < -0.4 is 25.2 Å². The number of benzene rings is 2. The molecular formula is C35H41F2N7O6. The summed E-state index contributed by atoms with van der Waals surface area (Å²) in [4.78, 5) is 51.9. The number of ether oxygens (including phenoxy) is 3. The number of anilines is 4. The van der Waals surface area contributed by atoms with Crippen molar-refractivity contribution in [2.24, 2.45) is 0 Å². The SMILES string of the molecule is COc1cc(C(=O)N[C@H]2CN(C(=O)OCc3ccccc3)CC[C@@H]2OC)ccc1Nc1ncc2c(n1)N(C1CCCC1)CC(F)(F)C(=O)N2C. The molecule has 6 rings (SSSR count). The van der Waals surface area contributed by atoms with Crippen molar-refractivity contribution >= 4 is 41.0 Å². The van der Waals surface area contributed by atoms with Gasteiger partial charge < -0.3 is 39.5 Å². The molecule has 13 nitrogen and oxygen atoms in total. The van der Waals surface area contributed by atoms with Crippen LogP contribution in [0.15, 0.2) is 54.7 Å². The molecule has 3 aromatic rings. The Kier molecular flexibility index (Phi) is 10.3. The van der Waals surface area contributed by atoms with Crippen LogP contribution in [0.25, 0.3) is 0 Å². The smallest absolute Gasteiger partial charge is 0.410 e. The van der Waals surface area contributed by atoms with Crippen LogP contribution in [0.5, 0.6) is 5.75 Å². The standard InChI is InChI=1S/C35H41F2N7O6/c1-42-27-18-38-33(41-30(27)44(24-11-7-8-12-24)21-35(36,37)32(42)46)40-25-14-13-23(17-29(25)49-3)31(45)39-26-19-43(16-15-28(26)48-2)34(47)50-20-22-9-5-4-6-10-22/h4-6,9-10,13-14,17-18,24,26,28H,7-8,11-12,15-16,19-21H2,1-3H3,(H,39,45)(H,38,40,41)/t26-,28-/m0/s1. The summed E-state index contributed by atoms with van der Waals surface area (Å²) in [6.45, 7) is -0.00219. The molecule has 50 heavy (non-hydrogen) atoms. The van der Waals surface area contributed by atoms with E-state index in [2.05, 4.69) is 20.6 Å². The van der Waals surface area contributed by atoms with Gasteiger partial charge in [-0.3, -0.25) is 9.59 Å². The molecule has 1 saturated heterocycles. The van der Waals surface area contributed by atoms with Crippen molar-refractivity contribution in [2.45, 2.75) is 62.8 Å². The van der Waals surface area contributed by atoms with Gasteiger partial charge in [-0.25, -0.2) is 9.78 Å². The number of rotatable bonds is 9. The van der Waals surface area contributed by atoms with Gasteiger partial charge in [0.05, 0.1) is 37.7 Å². The lowest BCUT2D eigenvalue weighted by Crippen LogP contribution is -2.57. The first-order valence-electron chi connectivity index (χ1n) is 16.6. The molecule has 0 radical (unpaired) electrons. The van der Waals surface area contributed by atoms with Gasteiger partial charge in [-0.1, -0.05) is 43.2 Å². The first-order chi connectivity index (χ1) is 24.1. The Balaban J connectivity index is 1.16. The topological polar surface area (TPSA) is 138 Å². The summed E-state index contributed by atoms with van der Waals surface area (Å²) >= 11 is 0. The molecule has 2 N–H and O–H groups in total. The minimum atomic E-state index is -3.59. The average molecular weight is 694 g/mol. The molecule has 1 aliphatic carbocycles. The predicted molar refractivity (Wildman–Crippen MR) is 181 cm³/mol. The Morgan fingerprint density at radius 2 is 1.82 bits per heavy atom. The maximum Gasteiger partial charge on any atom is 0.410 e. The van der Waals surface area contributed by atoms with Crippen LogP contribution in [0.1, 0.15) is 48.0 Å². The Labute approximate surface area is 288 Å². The summed E-state index contributed by atoms with van der Waals surface area (Å²) in [5.41, 5.74) is 1.80. The minimum Gasteiger partial charge on any atom is -0.495 e. The first kappa shape index (κ1) is 34.8. The minimum absolute atomic E-state index is 0.109. The van der Waals surface area contributed by atoms with Crippen LogP contribution in [-0.4, -0.2) is 97.8 Å². The summed E-state index contributed by atoms with van der Waals surface area (Å²) in [5.74, 6) is -4.63. The maximum absolute atomic E-state index is 15.0. The molecule has 15 heteroatoms. The molecule has 2 aromatic carbocycles. The first-order valence-corrected chi connectivity index (χ1v) is 16.6. The highest BCUT2D eigenvalue weighted by Gasteiger charge is 2.49. The van der Waals surface area contributed by atoms with Crippen LogP contribution in [0.3, 0.4) is 0 Å². The summed E-state index contributed by atoms with van der Waals surface area (Å²) in [6, 6.07) is 13.5. The lowest BCUT2D eigenvalue weighted by atomic mass is 10.0. The van der Waals surface area contributed by atoms with Gasteiger partial charge in [-0.05, 0) is 43.0 Å².